The summed E-state index contributed by atoms with van der Waals surface area (Å²) in [5.41, 5.74) is 2.31. The number of carbonyl (C=O) groups is 1. The van der Waals surface area contributed by atoms with E-state index in [-0.39, 0.29) is 5.91 Å². The van der Waals surface area contributed by atoms with E-state index in [1.807, 2.05) is 37.3 Å². The van der Waals surface area contributed by atoms with Gasteiger partial charge >= 0.3 is 0 Å². The van der Waals surface area contributed by atoms with Crippen LogP contribution < -0.4 is 10.1 Å². The number of benzene rings is 2. The maximum absolute atomic E-state index is 12.4. The topological polar surface area (TPSA) is 60.5 Å². The van der Waals surface area contributed by atoms with E-state index in [0.29, 0.717) is 30.3 Å². The van der Waals surface area contributed by atoms with Crippen molar-refractivity contribution in [3.8, 4) is 11.5 Å². The maximum Gasteiger partial charge on any atom is 0.255 e. The summed E-state index contributed by atoms with van der Waals surface area (Å²) in [4.78, 5) is 16.4. The molecule has 5 heteroatoms. The Bertz CT molecular complexity index is 849. The van der Waals surface area contributed by atoms with E-state index < -0.39 is 0 Å². The smallest absolute Gasteiger partial charge is 0.255 e. The quantitative estimate of drug-likeness (QED) is 0.674. The zero-order chi connectivity index (χ0) is 18.2. The summed E-state index contributed by atoms with van der Waals surface area (Å²) in [5.74, 6) is 1.12. The monoisotopic (exact) mass is 348 g/mol. The number of hydrogen-bond donors (Lipinski definition) is 1. The summed E-state index contributed by atoms with van der Waals surface area (Å²) in [7, 11) is 0. The van der Waals surface area contributed by atoms with Crippen LogP contribution in [0.15, 0.2) is 73.1 Å². The molecule has 5 nitrogen and oxygen atoms in total. The van der Waals surface area contributed by atoms with E-state index in [1.54, 1.807) is 42.7 Å². The Labute approximate surface area is 152 Å². The summed E-state index contributed by atoms with van der Waals surface area (Å²) in [6.45, 7) is 3.14. The highest BCUT2D eigenvalue weighted by molar-refractivity contribution is 6.04. The van der Waals surface area contributed by atoms with Gasteiger partial charge in [-0.3, -0.25) is 9.78 Å². The van der Waals surface area contributed by atoms with E-state index in [0.717, 1.165) is 11.3 Å². The van der Waals surface area contributed by atoms with Crippen molar-refractivity contribution in [3.63, 3.8) is 0 Å². The molecular weight excluding hydrogens is 328 g/mol. The number of aromatic nitrogens is 1. The van der Waals surface area contributed by atoms with Gasteiger partial charge in [-0.25, -0.2) is 0 Å². The molecule has 0 unspecified atom stereocenters. The van der Waals surface area contributed by atoms with Gasteiger partial charge in [-0.2, -0.15) is 0 Å². The van der Waals surface area contributed by atoms with Crippen LogP contribution in [-0.2, 0) is 11.3 Å². The molecule has 0 radical (unpaired) electrons. The van der Waals surface area contributed by atoms with E-state index in [4.69, 9.17) is 9.47 Å². The molecule has 3 rings (SSSR count). The van der Waals surface area contributed by atoms with E-state index in [9.17, 15) is 4.79 Å². The lowest BCUT2D eigenvalue weighted by Gasteiger charge is -2.09. The second kappa shape index (κ2) is 8.78. The number of anilines is 1. The number of nitrogens with one attached hydrogen (secondary N) is 1. The van der Waals surface area contributed by atoms with Crippen LogP contribution in [0.3, 0.4) is 0 Å². The second-order valence-electron chi connectivity index (χ2n) is 5.61. The van der Waals surface area contributed by atoms with Crippen LogP contribution in [0.1, 0.15) is 22.8 Å². The second-order valence-corrected chi connectivity index (χ2v) is 5.61. The highest BCUT2D eigenvalue weighted by Crippen LogP contribution is 2.21. The van der Waals surface area contributed by atoms with Gasteiger partial charge in [-0.05, 0) is 61.0 Å². The lowest BCUT2D eigenvalue weighted by atomic mass is 10.1. The number of rotatable bonds is 7. The molecule has 0 aliphatic rings. The fourth-order valence-corrected chi connectivity index (χ4v) is 2.38. The zero-order valence-electron chi connectivity index (χ0n) is 14.5. The molecule has 0 atom stereocenters. The summed E-state index contributed by atoms with van der Waals surface area (Å²) in [6, 6.07) is 18.2. The normalized spacial score (nSPS) is 10.3. The van der Waals surface area contributed by atoms with Gasteiger partial charge in [0.15, 0.2) is 0 Å². The van der Waals surface area contributed by atoms with Crippen LogP contribution in [0.4, 0.5) is 5.69 Å². The molecule has 0 bridgehead atoms. The summed E-state index contributed by atoms with van der Waals surface area (Å²) < 4.78 is 11.1. The van der Waals surface area contributed by atoms with Gasteiger partial charge in [-0.15, -0.1) is 0 Å². The van der Waals surface area contributed by atoms with Gasteiger partial charge in [0.05, 0.1) is 12.8 Å². The van der Waals surface area contributed by atoms with Crippen molar-refractivity contribution in [2.75, 3.05) is 11.9 Å². The van der Waals surface area contributed by atoms with Crippen LogP contribution >= 0.6 is 0 Å². The van der Waals surface area contributed by atoms with Crippen molar-refractivity contribution in [1.29, 1.82) is 0 Å². The van der Waals surface area contributed by atoms with Gasteiger partial charge in [0.25, 0.3) is 5.91 Å². The predicted octanol–water partition coefficient (Wildman–Crippen LogP) is 4.66. The third-order valence-corrected chi connectivity index (χ3v) is 3.64. The third-order valence-electron chi connectivity index (χ3n) is 3.64. The standard InChI is InChI=1S/C21H20N2O3/c1-2-25-15-16-5-3-6-18(13-16)23-21(24)17-8-10-19(11-9-17)26-20-7-4-12-22-14-20/h3-14H,2,15H2,1H3,(H,23,24). The van der Waals surface area contributed by atoms with E-state index in [1.165, 1.54) is 0 Å². The first kappa shape index (κ1) is 17.6. The average molecular weight is 348 g/mol. The molecule has 1 N–H and O–H groups in total. The van der Waals surface area contributed by atoms with Gasteiger partial charge in [0, 0.05) is 24.1 Å². The number of carbonyl (C=O) groups excluding carboxylic acids is 1. The fourth-order valence-electron chi connectivity index (χ4n) is 2.38. The van der Waals surface area contributed by atoms with Crippen LogP contribution in [0.5, 0.6) is 11.5 Å². The lowest BCUT2D eigenvalue weighted by molar-refractivity contribution is 0.102. The molecule has 0 aliphatic heterocycles. The molecule has 1 heterocycles. The molecule has 0 saturated heterocycles. The van der Waals surface area contributed by atoms with Gasteiger partial charge < -0.3 is 14.8 Å². The van der Waals surface area contributed by atoms with Crippen molar-refractivity contribution in [3.05, 3.63) is 84.2 Å². The minimum Gasteiger partial charge on any atom is -0.456 e. The molecule has 1 aromatic heterocycles. The fraction of sp³-hybridized carbons (Fsp3) is 0.143. The minimum atomic E-state index is -0.175. The molecule has 0 saturated carbocycles. The van der Waals surface area contributed by atoms with Gasteiger partial charge in [0.1, 0.15) is 11.5 Å². The molecule has 0 spiro atoms. The first-order valence-corrected chi connectivity index (χ1v) is 8.40. The Balaban J connectivity index is 1.63. The van der Waals surface area contributed by atoms with Crippen LogP contribution in [-0.4, -0.2) is 17.5 Å². The number of nitrogens with zero attached hydrogens (tertiary/aromatic N) is 1. The van der Waals surface area contributed by atoms with Crippen LogP contribution in [0.25, 0.3) is 0 Å². The first-order chi connectivity index (χ1) is 12.7. The molecule has 0 aliphatic carbocycles. The maximum atomic E-state index is 12.4. The summed E-state index contributed by atoms with van der Waals surface area (Å²) in [6.07, 6.45) is 3.32. The van der Waals surface area contributed by atoms with Crippen molar-refractivity contribution in [1.82, 2.24) is 4.98 Å². The molecule has 0 fully saturated rings. The van der Waals surface area contributed by atoms with E-state index in [2.05, 4.69) is 10.3 Å². The number of hydrogen-bond acceptors (Lipinski definition) is 4. The van der Waals surface area contributed by atoms with Crippen molar-refractivity contribution < 1.29 is 14.3 Å². The van der Waals surface area contributed by atoms with Crippen molar-refractivity contribution >= 4 is 11.6 Å². The third kappa shape index (κ3) is 4.91. The summed E-state index contributed by atoms with van der Waals surface area (Å²) >= 11 is 0. The average Bonchev–Trinajstić information content (AvgIpc) is 2.68. The lowest BCUT2D eigenvalue weighted by Crippen LogP contribution is -2.11. The Hall–Kier alpha value is -3.18. The Morgan fingerprint density at radius 1 is 1.04 bits per heavy atom. The molecule has 2 aromatic carbocycles. The Morgan fingerprint density at radius 2 is 1.88 bits per heavy atom. The number of amides is 1. The van der Waals surface area contributed by atoms with Crippen LogP contribution in [0, 0.1) is 0 Å². The minimum absolute atomic E-state index is 0.175. The Morgan fingerprint density at radius 3 is 2.62 bits per heavy atom. The predicted molar refractivity (Wildman–Crippen MR) is 100 cm³/mol. The molecule has 3 aromatic rings. The summed E-state index contributed by atoms with van der Waals surface area (Å²) in [5, 5.41) is 2.90. The SMILES string of the molecule is CCOCc1cccc(NC(=O)c2ccc(Oc3cccnc3)cc2)c1. The van der Waals surface area contributed by atoms with Crippen LogP contribution in [0.2, 0.25) is 0 Å². The molecule has 1 amide bonds. The number of pyridine rings is 1. The first-order valence-electron chi connectivity index (χ1n) is 8.40. The van der Waals surface area contributed by atoms with Crippen molar-refractivity contribution in [2.45, 2.75) is 13.5 Å². The van der Waals surface area contributed by atoms with Gasteiger partial charge in [-0.1, -0.05) is 12.1 Å². The molecule has 132 valence electrons. The molecule has 26 heavy (non-hydrogen) atoms. The van der Waals surface area contributed by atoms with Crippen molar-refractivity contribution in [2.24, 2.45) is 0 Å². The highest BCUT2D eigenvalue weighted by Gasteiger charge is 2.07. The number of ether oxygens (including phenoxy) is 2. The van der Waals surface area contributed by atoms with E-state index >= 15 is 0 Å². The highest BCUT2D eigenvalue weighted by atomic mass is 16.5. The molecular formula is C21H20N2O3. The largest absolute Gasteiger partial charge is 0.456 e. The van der Waals surface area contributed by atoms with Gasteiger partial charge in [0.2, 0.25) is 0 Å². The Kier molecular flexibility index (Phi) is 5.96. The zero-order valence-corrected chi connectivity index (χ0v) is 14.5.